The molecule has 2 N–H and O–H groups in total. The van der Waals surface area contributed by atoms with Crippen molar-refractivity contribution < 1.29 is 14.7 Å². The van der Waals surface area contributed by atoms with Gasteiger partial charge in [0.15, 0.2) is 4.34 Å². The summed E-state index contributed by atoms with van der Waals surface area (Å²) in [6, 6.07) is -0.897. The number of nitrogens with one attached hydrogen (secondary N) is 1. The van der Waals surface area contributed by atoms with Crippen molar-refractivity contribution in [1.82, 2.24) is 14.7 Å². The maximum Gasteiger partial charge on any atom is 0.327 e. The Morgan fingerprint density at radius 3 is 2.76 bits per heavy atom. The van der Waals surface area contributed by atoms with Crippen molar-refractivity contribution >= 4 is 35.2 Å². The van der Waals surface area contributed by atoms with Crippen LogP contribution in [0.5, 0.6) is 0 Å². The van der Waals surface area contributed by atoms with Gasteiger partial charge in [0.05, 0.1) is 0 Å². The van der Waals surface area contributed by atoms with Crippen LogP contribution >= 0.6 is 23.3 Å². The lowest BCUT2D eigenvalue weighted by molar-refractivity contribution is -0.140. The lowest BCUT2D eigenvalue weighted by Crippen LogP contribution is -2.41. The lowest BCUT2D eigenvalue weighted by atomic mass is 10.3. The van der Waals surface area contributed by atoms with Crippen molar-refractivity contribution in [3.05, 3.63) is 5.82 Å². The number of aryl methyl sites for hydroxylation is 1. The summed E-state index contributed by atoms with van der Waals surface area (Å²) in [7, 11) is 0. The fraction of sp³-hybridized carbons (Fsp3) is 0.556. The second-order valence-corrected chi connectivity index (χ2v) is 5.25. The molecule has 0 spiro atoms. The first-order chi connectivity index (χ1) is 8.02. The minimum absolute atomic E-state index is 0.243. The van der Waals surface area contributed by atoms with Gasteiger partial charge in [0, 0.05) is 19.1 Å². The Labute approximate surface area is 107 Å². The van der Waals surface area contributed by atoms with Gasteiger partial charge in [-0.15, -0.1) is 0 Å². The first kappa shape index (κ1) is 13.9. The molecule has 0 fully saturated rings. The SMILES string of the molecule is CCc1nsc(SCC(NC(C)=O)C(=O)O)n1. The summed E-state index contributed by atoms with van der Waals surface area (Å²) in [5.74, 6) is -0.408. The van der Waals surface area contributed by atoms with E-state index in [0.717, 1.165) is 16.6 Å². The van der Waals surface area contributed by atoms with Crippen LogP contribution in [-0.2, 0) is 16.0 Å². The predicted molar refractivity (Wildman–Crippen MR) is 65.3 cm³/mol. The second-order valence-electron chi connectivity index (χ2n) is 3.23. The summed E-state index contributed by atoms with van der Waals surface area (Å²) in [4.78, 5) is 25.9. The molecule has 1 aromatic rings. The van der Waals surface area contributed by atoms with Gasteiger partial charge in [-0.3, -0.25) is 4.79 Å². The summed E-state index contributed by atoms with van der Waals surface area (Å²) >= 11 is 2.53. The molecule has 1 rings (SSSR count). The number of rotatable bonds is 6. The maximum atomic E-state index is 10.9. The first-order valence-corrected chi connectivity index (χ1v) is 6.74. The monoisotopic (exact) mass is 275 g/mol. The summed E-state index contributed by atoms with van der Waals surface area (Å²) in [6.45, 7) is 3.24. The van der Waals surface area contributed by atoms with Crippen LogP contribution < -0.4 is 5.32 Å². The quantitative estimate of drug-likeness (QED) is 0.745. The van der Waals surface area contributed by atoms with E-state index in [0.29, 0.717) is 0 Å². The summed E-state index contributed by atoms with van der Waals surface area (Å²) in [5, 5.41) is 11.3. The molecule has 17 heavy (non-hydrogen) atoms. The van der Waals surface area contributed by atoms with Crippen LogP contribution in [0, 0.1) is 0 Å². The molecular weight excluding hydrogens is 262 g/mol. The molecule has 0 radical (unpaired) electrons. The zero-order valence-electron chi connectivity index (χ0n) is 9.47. The second kappa shape index (κ2) is 6.55. The predicted octanol–water partition coefficient (Wildman–Crippen LogP) is 0.782. The maximum absolute atomic E-state index is 10.9. The number of carboxylic acids is 1. The Bertz CT molecular complexity index is 408. The van der Waals surface area contributed by atoms with Crippen molar-refractivity contribution in [3.8, 4) is 0 Å². The Hall–Kier alpha value is -1.15. The number of carboxylic acid groups (broad SMARTS) is 1. The van der Waals surface area contributed by atoms with Crippen molar-refractivity contribution in [2.24, 2.45) is 0 Å². The van der Waals surface area contributed by atoms with Crippen molar-refractivity contribution in [1.29, 1.82) is 0 Å². The molecule has 0 bridgehead atoms. The topological polar surface area (TPSA) is 92.2 Å². The Morgan fingerprint density at radius 2 is 2.29 bits per heavy atom. The summed E-state index contributed by atoms with van der Waals surface area (Å²) in [6.07, 6.45) is 0.755. The van der Waals surface area contributed by atoms with Crippen LogP contribution in [0.1, 0.15) is 19.7 Å². The van der Waals surface area contributed by atoms with E-state index in [1.807, 2.05) is 6.92 Å². The molecule has 0 aliphatic carbocycles. The van der Waals surface area contributed by atoms with E-state index in [2.05, 4.69) is 14.7 Å². The van der Waals surface area contributed by atoms with Crippen molar-refractivity contribution in [3.63, 3.8) is 0 Å². The molecule has 94 valence electrons. The number of aromatic nitrogens is 2. The first-order valence-electron chi connectivity index (χ1n) is 4.98. The highest BCUT2D eigenvalue weighted by molar-refractivity contribution is 8.01. The third-order valence-corrected chi connectivity index (χ3v) is 3.78. The number of carbonyl (C=O) groups is 2. The van der Waals surface area contributed by atoms with E-state index in [-0.39, 0.29) is 11.7 Å². The van der Waals surface area contributed by atoms with Gasteiger partial charge in [0.1, 0.15) is 11.9 Å². The third-order valence-electron chi connectivity index (χ3n) is 1.81. The Kier molecular flexibility index (Phi) is 5.36. The molecule has 1 atom stereocenters. The Morgan fingerprint density at radius 1 is 1.59 bits per heavy atom. The van der Waals surface area contributed by atoms with E-state index in [4.69, 9.17) is 5.11 Å². The van der Waals surface area contributed by atoms with E-state index < -0.39 is 12.0 Å². The highest BCUT2D eigenvalue weighted by atomic mass is 32.2. The third kappa shape index (κ3) is 4.70. The van der Waals surface area contributed by atoms with Gasteiger partial charge in [-0.1, -0.05) is 18.7 Å². The molecule has 0 aliphatic heterocycles. The highest BCUT2D eigenvalue weighted by Gasteiger charge is 2.19. The molecule has 0 aliphatic rings. The number of hydrogen-bond acceptors (Lipinski definition) is 6. The summed E-state index contributed by atoms with van der Waals surface area (Å²) < 4.78 is 4.81. The lowest BCUT2D eigenvalue weighted by Gasteiger charge is -2.11. The largest absolute Gasteiger partial charge is 0.480 e. The highest BCUT2D eigenvalue weighted by Crippen LogP contribution is 2.21. The van der Waals surface area contributed by atoms with Crippen LogP contribution in [0.15, 0.2) is 4.34 Å². The van der Waals surface area contributed by atoms with Gasteiger partial charge in [-0.05, 0) is 11.5 Å². The number of nitrogens with zero attached hydrogens (tertiary/aromatic N) is 2. The molecule has 1 aromatic heterocycles. The average molecular weight is 275 g/mol. The molecule has 0 aromatic carbocycles. The Balaban J connectivity index is 2.51. The molecule has 1 heterocycles. The summed E-state index contributed by atoms with van der Waals surface area (Å²) in [5.41, 5.74) is 0. The molecule has 1 amide bonds. The van der Waals surface area contributed by atoms with Gasteiger partial charge < -0.3 is 10.4 Å². The van der Waals surface area contributed by atoms with E-state index in [1.54, 1.807) is 0 Å². The van der Waals surface area contributed by atoms with Crippen LogP contribution in [0.3, 0.4) is 0 Å². The zero-order chi connectivity index (χ0) is 12.8. The standard InChI is InChI=1S/C9H13N3O3S2/c1-3-7-11-9(17-12-7)16-4-6(8(14)15)10-5(2)13/h6H,3-4H2,1-2H3,(H,10,13)(H,14,15). The number of carbonyl (C=O) groups excluding carboxylic acids is 1. The fourth-order valence-corrected chi connectivity index (χ4v) is 2.75. The number of aliphatic carboxylic acids is 1. The number of thioether (sulfide) groups is 1. The van der Waals surface area contributed by atoms with Gasteiger partial charge in [-0.2, -0.15) is 4.37 Å². The molecular formula is C9H13N3O3S2. The molecule has 8 heteroatoms. The van der Waals surface area contributed by atoms with Crippen molar-refractivity contribution in [2.45, 2.75) is 30.6 Å². The van der Waals surface area contributed by atoms with Crippen molar-refractivity contribution in [2.75, 3.05) is 5.75 Å². The zero-order valence-corrected chi connectivity index (χ0v) is 11.1. The average Bonchev–Trinajstić information content (AvgIpc) is 2.71. The van der Waals surface area contributed by atoms with Gasteiger partial charge in [-0.25, -0.2) is 9.78 Å². The normalized spacial score (nSPS) is 12.1. The fourth-order valence-electron chi connectivity index (χ4n) is 1.01. The van der Waals surface area contributed by atoms with Crippen LogP contribution in [0.25, 0.3) is 0 Å². The van der Waals surface area contributed by atoms with Crippen LogP contribution in [0.2, 0.25) is 0 Å². The van der Waals surface area contributed by atoms with E-state index in [9.17, 15) is 9.59 Å². The molecule has 1 unspecified atom stereocenters. The minimum Gasteiger partial charge on any atom is -0.480 e. The van der Waals surface area contributed by atoms with E-state index in [1.165, 1.54) is 30.2 Å². The van der Waals surface area contributed by atoms with Gasteiger partial charge >= 0.3 is 5.97 Å². The van der Waals surface area contributed by atoms with Crippen LogP contribution in [-0.4, -0.2) is 38.1 Å². The number of amides is 1. The van der Waals surface area contributed by atoms with E-state index >= 15 is 0 Å². The minimum atomic E-state index is -1.05. The smallest absolute Gasteiger partial charge is 0.327 e. The van der Waals surface area contributed by atoms with Gasteiger partial charge in [0.2, 0.25) is 5.91 Å². The molecule has 0 saturated heterocycles. The number of hydrogen-bond donors (Lipinski definition) is 2. The molecule has 6 nitrogen and oxygen atoms in total. The molecule has 0 saturated carbocycles. The van der Waals surface area contributed by atoms with Gasteiger partial charge in [0.25, 0.3) is 0 Å². The van der Waals surface area contributed by atoms with Crippen LogP contribution in [0.4, 0.5) is 0 Å².